The van der Waals surface area contributed by atoms with Crippen LogP contribution >= 0.6 is 24.2 Å². The lowest BCUT2D eigenvalue weighted by Crippen LogP contribution is -2.54. The van der Waals surface area contributed by atoms with Gasteiger partial charge in [0.25, 0.3) is 0 Å². The standard InChI is InChI=1S/C22H33ClN2OS/c1-16-6-4-3-5-7-20(16)24-10-12-25(13-11-24)22(26)21(27)15-18-8-9-19(23)14-17(18)2/h8-9,14,16,20-21,27H,3-7,10-13,15H2,1-2H3. The molecule has 3 rings (SSSR count). The Kier molecular flexibility index (Phi) is 7.52. The average Bonchev–Trinajstić information content (AvgIpc) is 2.88. The smallest absolute Gasteiger partial charge is 0.235 e. The van der Waals surface area contributed by atoms with E-state index in [9.17, 15) is 4.79 Å². The molecule has 1 amide bonds. The number of thiol groups is 1. The number of nitrogens with zero attached hydrogens (tertiary/aromatic N) is 2. The van der Waals surface area contributed by atoms with Crippen LogP contribution in [0.2, 0.25) is 5.02 Å². The summed E-state index contributed by atoms with van der Waals surface area (Å²) in [4.78, 5) is 17.5. The van der Waals surface area contributed by atoms with Crippen molar-refractivity contribution in [3.63, 3.8) is 0 Å². The van der Waals surface area contributed by atoms with Gasteiger partial charge in [-0.3, -0.25) is 9.69 Å². The summed E-state index contributed by atoms with van der Waals surface area (Å²) in [6.45, 7) is 8.12. The Balaban J connectivity index is 1.53. The SMILES string of the molecule is Cc1cc(Cl)ccc1CC(S)C(=O)N1CCN(C2CCCCCC2C)CC1. The van der Waals surface area contributed by atoms with Crippen LogP contribution in [-0.4, -0.2) is 53.2 Å². The zero-order valence-electron chi connectivity index (χ0n) is 16.7. The minimum atomic E-state index is -0.284. The molecule has 5 heteroatoms. The summed E-state index contributed by atoms with van der Waals surface area (Å²) in [5, 5.41) is 0.454. The van der Waals surface area contributed by atoms with E-state index in [-0.39, 0.29) is 11.2 Å². The molecule has 0 radical (unpaired) electrons. The highest BCUT2D eigenvalue weighted by atomic mass is 35.5. The van der Waals surface area contributed by atoms with Gasteiger partial charge in [0.15, 0.2) is 0 Å². The molecule has 1 saturated heterocycles. The molecule has 3 nitrogen and oxygen atoms in total. The van der Waals surface area contributed by atoms with Crippen molar-refractivity contribution in [2.45, 2.75) is 63.7 Å². The lowest BCUT2D eigenvalue weighted by atomic mass is 9.95. The third-order valence-electron chi connectivity index (χ3n) is 6.41. The first-order valence-electron chi connectivity index (χ1n) is 10.4. The summed E-state index contributed by atoms with van der Waals surface area (Å²) in [5.74, 6) is 0.946. The number of hydrogen-bond donors (Lipinski definition) is 1. The Hall–Kier alpha value is -0.710. The summed E-state index contributed by atoms with van der Waals surface area (Å²) in [6, 6.07) is 6.56. The first kappa shape index (κ1) is 21.0. The molecule has 2 aliphatic rings. The van der Waals surface area contributed by atoms with Crippen LogP contribution in [0.15, 0.2) is 18.2 Å². The molecule has 27 heavy (non-hydrogen) atoms. The Morgan fingerprint density at radius 2 is 1.89 bits per heavy atom. The maximum absolute atomic E-state index is 12.9. The van der Waals surface area contributed by atoms with Gasteiger partial charge in [0.1, 0.15) is 0 Å². The van der Waals surface area contributed by atoms with Gasteiger partial charge in [0.05, 0.1) is 5.25 Å². The molecule has 150 valence electrons. The zero-order valence-corrected chi connectivity index (χ0v) is 18.3. The van der Waals surface area contributed by atoms with E-state index < -0.39 is 0 Å². The van der Waals surface area contributed by atoms with Crippen LogP contribution in [-0.2, 0) is 11.2 Å². The topological polar surface area (TPSA) is 23.6 Å². The van der Waals surface area contributed by atoms with Crippen molar-refractivity contribution in [3.05, 3.63) is 34.3 Å². The summed E-state index contributed by atoms with van der Waals surface area (Å²) in [5.41, 5.74) is 2.28. The molecule has 3 atom stereocenters. The lowest BCUT2D eigenvalue weighted by Gasteiger charge is -2.41. The van der Waals surface area contributed by atoms with Crippen molar-refractivity contribution in [3.8, 4) is 0 Å². The number of rotatable bonds is 4. The lowest BCUT2D eigenvalue weighted by molar-refractivity contribution is -0.132. The van der Waals surface area contributed by atoms with E-state index in [1.54, 1.807) is 0 Å². The number of halogens is 1. The van der Waals surface area contributed by atoms with Crippen LogP contribution in [0.5, 0.6) is 0 Å². The summed E-state index contributed by atoms with van der Waals surface area (Å²) >= 11 is 10.7. The van der Waals surface area contributed by atoms with Crippen molar-refractivity contribution in [1.29, 1.82) is 0 Å². The third kappa shape index (κ3) is 5.42. The van der Waals surface area contributed by atoms with Crippen LogP contribution in [0.4, 0.5) is 0 Å². The first-order chi connectivity index (χ1) is 13.0. The second-order valence-corrected chi connectivity index (χ2v) is 9.39. The number of benzene rings is 1. The molecule has 0 spiro atoms. The molecular weight excluding hydrogens is 376 g/mol. The molecule has 1 saturated carbocycles. The van der Waals surface area contributed by atoms with E-state index in [4.69, 9.17) is 11.6 Å². The van der Waals surface area contributed by atoms with E-state index in [1.165, 1.54) is 32.1 Å². The van der Waals surface area contributed by atoms with E-state index in [2.05, 4.69) is 24.5 Å². The van der Waals surface area contributed by atoms with Crippen molar-refractivity contribution >= 4 is 30.1 Å². The number of carbonyl (C=O) groups excluding carboxylic acids is 1. The monoisotopic (exact) mass is 408 g/mol. The highest BCUT2D eigenvalue weighted by Crippen LogP contribution is 2.28. The van der Waals surface area contributed by atoms with Gasteiger partial charge >= 0.3 is 0 Å². The predicted octanol–water partition coefficient (Wildman–Crippen LogP) is 4.60. The van der Waals surface area contributed by atoms with Gasteiger partial charge in [0, 0.05) is 37.2 Å². The van der Waals surface area contributed by atoms with Crippen molar-refractivity contribution < 1.29 is 4.79 Å². The maximum Gasteiger partial charge on any atom is 0.235 e. The second-order valence-electron chi connectivity index (χ2n) is 8.33. The van der Waals surface area contributed by atoms with Crippen molar-refractivity contribution in [1.82, 2.24) is 9.80 Å². The molecule has 0 bridgehead atoms. The molecule has 3 unspecified atom stereocenters. The van der Waals surface area contributed by atoms with E-state index in [1.807, 2.05) is 30.0 Å². The molecule has 0 aromatic heterocycles. The van der Waals surface area contributed by atoms with Gasteiger partial charge in [0.2, 0.25) is 5.91 Å². The highest BCUT2D eigenvalue weighted by molar-refractivity contribution is 7.81. The molecule has 1 heterocycles. The fourth-order valence-corrected chi connectivity index (χ4v) is 5.27. The number of amides is 1. The molecule has 1 aromatic rings. The second kappa shape index (κ2) is 9.67. The fraction of sp³-hybridized carbons (Fsp3) is 0.682. The van der Waals surface area contributed by atoms with Crippen LogP contribution in [0, 0.1) is 12.8 Å². The van der Waals surface area contributed by atoms with Crippen LogP contribution < -0.4 is 0 Å². The van der Waals surface area contributed by atoms with Crippen LogP contribution in [0.1, 0.15) is 50.2 Å². The van der Waals surface area contributed by atoms with Gasteiger partial charge in [-0.05, 0) is 55.4 Å². The minimum Gasteiger partial charge on any atom is -0.339 e. The van der Waals surface area contributed by atoms with E-state index in [0.717, 1.165) is 48.2 Å². The number of aryl methyl sites for hydroxylation is 1. The van der Waals surface area contributed by atoms with Gasteiger partial charge in [-0.1, -0.05) is 43.9 Å². The molecule has 1 aromatic carbocycles. The fourth-order valence-electron chi connectivity index (χ4n) is 4.68. The zero-order chi connectivity index (χ0) is 19.4. The summed E-state index contributed by atoms with van der Waals surface area (Å²) in [6.07, 6.45) is 7.44. The van der Waals surface area contributed by atoms with Crippen LogP contribution in [0.3, 0.4) is 0 Å². The molecule has 1 aliphatic heterocycles. The molecular formula is C22H33ClN2OS. The molecule has 1 aliphatic carbocycles. The number of hydrogen-bond acceptors (Lipinski definition) is 3. The van der Waals surface area contributed by atoms with Crippen molar-refractivity contribution in [2.75, 3.05) is 26.2 Å². The van der Waals surface area contributed by atoms with E-state index in [0.29, 0.717) is 12.5 Å². The third-order valence-corrected chi connectivity index (χ3v) is 7.05. The minimum absolute atomic E-state index is 0.168. The number of piperazine rings is 1. The Morgan fingerprint density at radius 1 is 1.19 bits per heavy atom. The van der Waals surface area contributed by atoms with Gasteiger partial charge < -0.3 is 4.90 Å². The first-order valence-corrected chi connectivity index (χ1v) is 11.3. The predicted molar refractivity (Wildman–Crippen MR) is 117 cm³/mol. The quantitative estimate of drug-likeness (QED) is 0.581. The van der Waals surface area contributed by atoms with E-state index >= 15 is 0 Å². The molecule has 0 N–H and O–H groups in total. The summed E-state index contributed by atoms with van der Waals surface area (Å²) in [7, 11) is 0. The highest BCUT2D eigenvalue weighted by Gasteiger charge is 2.31. The van der Waals surface area contributed by atoms with Gasteiger partial charge in [-0.25, -0.2) is 0 Å². The Labute approximate surface area is 174 Å². The van der Waals surface area contributed by atoms with Gasteiger partial charge in [-0.15, -0.1) is 0 Å². The number of carbonyl (C=O) groups is 1. The van der Waals surface area contributed by atoms with Gasteiger partial charge in [-0.2, -0.15) is 12.6 Å². The largest absolute Gasteiger partial charge is 0.339 e. The molecule has 2 fully saturated rings. The maximum atomic E-state index is 12.9. The summed E-state index contributed by atoms with van der Waals surface area (Å²) < 4.78 is 0. The Bertz CT molecular complexity index is 645. The average molecular weight is 409 g/mol. The van der Waals surface area contributed by atoms with Crippen molar-refractivity contribution in [2.24, 2.45) is 5.92 Å². The normalized spacial score (nSPS) is 25.9. The Morgan fingerprint density at radius 3 is 2.59 bits per heavy atom. The van der Waals surface area contributed by atoms with Crippen LogP contribution in [0.25, 0.3) is 0 Å².